The molecule has 0 unspecified atom stereocenters. The van der Waals surface area contributed by atoms with Gasteiger partial charge in [0.15, 0.2) is 5.76 Å². The van der Waals surface area contributed by atoms with Gasteiger partial charge in [0.1, 0.15) is 11.4 Å². The van der Waals surface area contributed by atoms with E-state index in [4.69, 9.17) is 4.52 Å². The molecule has 1 saturated heterocycles. The second-order valence-electron chi connectivity index (χ2n) is 6.25. The number of nitrogens with zero attached hydrogens (tertiary/aromatic N) is 2. The Morgan fingerprint density at radius 1 is 1.36 bits per heavy atom. The molecule has 2 fully saturated rings. The highest BCUT2D eigenvalue weighted by atomic mass is 19.4. The van der Waals surface area contributed by atoms with Gasteiger partial charge in [-0.1, -0.05) is 5.16 Å². The molecule has 2 atom stereocenters. The van der Waals surface area contributed by atoms with E-state index in [1.54, 1.807) is 14.0 Å². The molecule has 1 amide bonds. The number of aromatic nitrogens is 1. The van der Waals surface area contributed by atoms with Gasteiger partial charge in [-0.25, -0.2) is 0 Å². The van der Waals surface area contributed by atoms with Crippen molar-refractivity contribution in [1.29, 1.82) is 0 Å². The Kier molecular flexibility index (Phi) is 3.66. The number of nitrogens with one attached hydrogen (secondary N) is 1. The van der Waals surface area contributed by atoms with Crippen molar-refractivity contribution < 1.29 is 22.5 Å². The zero-order chi connectivity index (χ0) is 16.1. The maximum Gasteiger partial charge on any atom is 0.393 e. The summed E-state index contributed by atoms with van der Waals surface area (Å²) in [6, 6.07) is 0. The van der Waals surface area contributed by atoms with E-state index in [-0.39, 0.29) is 19.0 Å². The fourth-order valence-electron chi connectivity index (χ4n) is 2.98. The average molecular weight is 317 g/mol. The molecule has 1 aliphatic carbocycles. The monoisotopic (exact) mass is 317 g/mol. The lowest BCUT2D eigenvalue weighted by Gasteiger charge is -2.20. The predicted molar refractivity (Wildman–Crippen MR) is 72.4 cm³/mol. The maximum absolute atomic E-state index is 13.1. The third-order valence-electron chi connectivity index (χ3n) is 4.35. The van der Waals surface area contributed by atoms with Crippen LogP contribution in [0.2, 0.25) is 0 Å². The minimum absolute atomic E-state index is 0.0963. The molecule has 122 valence electrons. The molecular formula is C14H18F3N3O2. The maximum atomic E-state index is 13.1. The van der Waals surface area contributed by atoms with E-state index in [2.05, 4.69) is 10.5 Å². The Balaban J connectivity index is 1.78. The van der Waals surface area contributed by atoms with Crippen molar-refractivity contribution >= 4 is 11.6 Å². The van der Waals surface area contributed by atoms with Gasteiger partial charge >= 0.3 is 6.18 Å². The molecule has 2 aliphatic rings. The van der Waals surface area contributed by atoms with E-state index in [1.807, 2.05) is 0 Å². The van der Waals surface area contributed by atoms with Crippen molar-refractivity contribution in [2.45, 2.75) is 31.9 Å². The molecule has 0 aromatic carbocycles. The lowest BCUT2D eigenvalue weighted by Crippen LogP contribution is -2.36. The number of halogens is 3. The normalized spacial score (nSPS) is 26.4. The second kappa shape index (κ2) is 5.26. The molecule has 1 aromatic heterocycles. The fraction of sp³-hybridized carbons (Fsp3) is 0.714. The number of amides is 1. The van der Waals surface area contributed by atoms with Gasteiger partial charge in [0.2, 0.25) is 5.91 Å². The zero-order valence-corrected chi connectivity index (χ0v) is 12.4. The summed E-state index contributed by atoms with van der Waals surface area (Å²) < 4.78 is 44.4. The lowest BCUT2D eigenvalue weighted by molar-refractivity contribution is -0.182. The number of carbonyl (C=O) groups excluding carboxylic acids is 1. The third kappa shape index (κ3) is 2.84. The van der Waals surface area contributed by atoms with Gasteiger partial charge in [0.05, 0.1) is 11.8 Å². The Bertz CT molecular complexity index is 580. The number of aryl methyl sites for hydroxylation is 1. The van der Waals surface area contributed by atoms with Gasteiger partial charge in [-0.3, -0.25) is 4.79 Å². The highest BCUT2D eigenvalue weighted by Crippen LogP contribution is 2.45. The number of alkyl halides is 3. The summed E-state index contributed by atoms with van der Waals surface area (Å²) in [7, 11) is 1.59. The lowest BCUT2D eigenvalue weighted by atomic mass is 9.94. The molecule has 1 aromatic rings. The van der Waals surface area contributed by atoms with Crippen LogP contribution in [-0.4, -0.2) is 42.3 Å². The summed E-state index contributed by atoms with van der Waals surface area (Å²) in [4.78, 5) is 13.9. The minimum atomic E-state index is -4.38. The van der Waals surface area contributed by atoms with Crippen molar-refractivity contribution in [1.82, 2.24) is 10.1 Å². The van der Waals surface area contributed by atoms with Crippen LogP contribution in [0.3, 0.4) is 0 Å². The topological polar surface area (TPSA) is 58.4 Å². The number of likely N-dealkylation sites (tertiary alicyclic amines) is 1. The highest BCUT2D eigenvalue weighted by molar-refractivity contribution is 5.94. The Morgan fingerprint density at radius 2 is 2.05 bits per heavy atom. The van der Waals surface area contributed by atoms with E-state index in [0.717, 1.165) is 12.8 Å². The summed E-state index contributed by atoms with van der Waals surface area (Å²) in [5.74, 6) is -2.55. The van der Waals surface area contributed by atoms with Gasteiger partial charge in [-0.05, 0) is 26.8 Å². The van der Waals surface area contributed by atoms with E-state index in [1.165, 1.54) is 4.90 Å². The van der Waals surface area contributed by atoms with Crippen LogP contribution in [0.25, 0.3) is 0 Å². The summed E-state index contributed by atoms with van der Waals surface area (Å²) in [5, 5.41) is 6.44. The van der Waals surface area contributed by atoms with Crippen LogP contribution in [0.5, 0.6) is 0 Å². The molecule has 1 saturated carbocycles. The first-order chi connectivity index (χ1) is 10.3. The zero-order valence-electron chi connectivity index (χ0n) is 12.4. The van der Waals surface area contributed by atoms with Crippen LogP contribution in [0.4, 0.5) is 18.9 Å². The van der Waals surface area contributed by atoms with Crippen LogP contribution >= 0.6 is 0 Å². The molecule has 0 spiro atoms. The van der Waals surface area contributed by atoms with Gasteiger partial charge in [0.25, 0.3) is 0 Å². The van der Waals surface area contributed by atoms with E-state index < -0.39 is 23.9 Å². The molecule has 5 nitrogen and oxygen atoms in total. The van der Waals surface area contributed by atoms with Gasteiger partial charge < -0.3 is 14.7 Å². The SMILES string of the molecule is Cc1noc(C2CC2)c1NC(=O)[C@@H]1CN(C)C[C@H]1C(F)(F)F. The molecular weight excluding hydrogens is 299 g/mol. The van der Waals surface area contributed by atoms with E-state index in [0.29, 0.717) is 17.1 Å². The summed E-state index contributed by atoms with van der Waals surface area (Å²) in [6.07, 6.45) is -2.47. The molecule has 1 aliphatic heterocycles. The smallest absolute Gasteiger partial charge is 0.359 e. The van der Waals surface area contributed by atoms with Crippen molar-refractivity contribution in [3.05, 3.63) is 11.5 Å². The standard InChI is InChI=1S/C14H18F3N3O2/c1-7-11(12(22-19-7)8-3-4-8)18-13(21)9-5-20(2)6-10(9)14(15,16)17/h8-10H,3-6H2,1-2H3,(H,18,21)/t9-,10-/m1/s1. The van der Waals surface area contributed by atoms with Gasteiger partial charge in [0, 0.05) is 19.0 Å². The third-order valence-corrected chi connectivity index (χ3v) is 4.35. The minimum Gasteiger partial charge on any atom is -0.359 e. The van der Waals surface area contributed by atoms with Crippen LogP contribution in [0, 0.1) is 18.8 Å². The highest BCUT2D eigenvalue weighted by Gasteiger charge is 2.51. The second-order valence-corrected chi connectivity index (χ2v) is 6.25. The van der Waals surface area contributed by atoms with Crippen molar-refractivity contribution in [2.75, 3.05) is 25.5 Å². The first kappa shape index (κ1) is 15.3. The van der Waals surface area contributed by atoms with Crippen LogP contribution in [0.1, 0.15) is 30.2 Å². The largest absolute Gasteiger partial charge is 0.393 e. The number of hydrogen-bond donors (Lipinski definition) is 1. The van der Waals surface area contributed by atoms with Gasteiger partial charge in [-0.2, -0.15) is 13.2 Å². The molecule has 8 heteroatoms. The quantitative estimate of drug-likeness (QED) is 0.931. The predicted octanol–water partition coefficient (Wildman–Crippen LogP) is 2.54. The number of hydrogen-bond acceptors (Lipinski definition) is 4. The van der Waals surface area contributed by atoms with Crippen LogP contribution < -0.4 is 5.32 Å². The van der Waals surface area contributed by atoms with Crippen molar-refractivity contribution in [2.24, 2.45) is 11.8 Å². The molecule has 1 N–H and O–H groups in total. The number of anilines is 1. The molecule has 3 rings (SSSR count). The van der Waals surface area contributed by atoms with Crippen LogP contribution in [0.15, 0.2) is 4.52 Å². The Hall–Kier alpha value is -1.57. The van der Waals surface area contributed by atoms with E-state index in [9.17, 15) is 18.0 Å². The van der Waals surface area contributed by atoms with Gasteiger partial charge in [-0.15, -0.1) is 0 Å². The Labute approximate surface area is 125 Å². The first-order valence-corrected chi connectivity index (χ1v) is 7.29. The summed E-state index contributed by atoms with van der Waals surface area (Å²) in [6.45, 7) is 1.62. The van der Waals surface area contributed by atoms with Crippen LogP contribution in [-0.2, 0) is 4.79 Å². The van der Waals surface area contributed by atoms with Crippen molar-refractivity contribution in [3.63, 3.8) is 0 Å². The molecule has 2 heterocycles. The average Bonchev–Trinajstić information content (AvgIpc) is 3.08. The fourth-order valence-corrected chi connectivity index (χ4v) is 2.98. The summed E-state index contributed by atoms with van der Waals surface area (Å²) in [5.41, 5.74) is 0.952. The molecule has 0 bridgehead atoms. The van der Waals surface area contributed by atoms with E-state index >= 15 is 0 Å². The molecule has 0 radical (unpaired) electrons. The molecule has 22 heavy (non-hydrogen) atoms. The Morgan fingerprint density at radius 3 is 2.64 bits per heavy atom. The summed E-state index contributed by atoms with van der Waals surface area (Å²) >= 11 is 0. The number of rotatable bonds is 3. The first-order valence-electron chi connectivity index (χ1n) is 7.29. The number of carbonyl (C=O) groups is 1. The van der Waals surface area contributed by atoms with Crippen molar-refractivity contribution in [3.8, 4) is 0 Å².